The van der Waals surface area contributed by atoms with E-state index in [1.807, 2.05) is 17.0 Å². The van der Waals surface area contributed by atoms with Crippen LogP contribution in [0, 0.1) is 18.2 Å². The first kappa shape index (κ1) is 19.8. The molecule has 0 aliphatic carbocycles. The number of aromatic nitrogens is 1. The summed E-state index contributed by atoms with van der Waals surface area (Å²) >= 11 is 0. The summed E-state index contributed by atoms with van der Waals surface area (Å²) in [6, 6.07) is 14.2. The van der Waals surface area contributed by atoms with E-state index in [0.717, 1.165) is 42.8 Å². The normalized spacial score (nSPS) is 21.6. The van der Waals surface area contributed by atoms with Gasteiger partial charge in [-0.2, -0.15) is 0 Å². The van der Waals surface area contributed by atoms with Crippen LogP contribution in [0.25, 0.3) is 10.9 Å². The highest BCUT2D eigenvalue weighted by Crippen LogP contribution is 2.41. The molecule has 0 bridgehead atoms. The number of aromatic amines is 1. The van der Waals surface area contributed by atoms with Crippen LogP contribution in [0.5, 0.6) is 0 Å². The molecule has 158 valence electrons. The van der Waals surface area contributed by atoms with Crippen molar-refractivity contribution in [2.75, 3.05) is 19.6 Å². The van der Waals surface area contributed by atoms with Gasteiger partial charge in [0.1, 0.15) is 5.82 Å². The topological polar surface area (TPSA) is 39.3 Å². The fourth-order valence-corrected chi connectivity index (χ4v) is 5.28. The van der Waals surface area contributed by atoms with Crippen LogP contribution in [-0.2, 0) is 11.2 Å². The fourth-order valence-electron chi connectivity index (χ4n) is 5.28. The average molecular weight is 416 g/mol. The molecule has 1 aromatic heterocycles. The number of likely N-dealkylation sites (tertiary alicyclic amines) is 1. The Morgan fingerprint density at radius 2 is 1.84 bits per heavy atom. The molecule has 31 heavy (non-hydrogen) atoms. The quantitative estimate of drug-likeness (QED) is 0.649. The average Bonchev–Trinajstić information content (AvgIpc) is 3.17. The maximum Gasteiger partial charge on any atom is 0.299 e. The van der Waals surface area contributed by atoms with Crippen LogP contribution in [0.3, 0.4) is 0 Å². The first-order valence-electron chi connectivity index (χ1n) is 11.0. The Kier molecular flexibility index (Phi) is 5.25. The van der Waals surface area contributed by atoms with Gasteiger partial charge in [0.15, 0.2) is 0 Å². The minimum atomic E-state index is -0.366. The second-order valence-electron chi connectivity index (χ2n) is 8.59. The van der Waals surface area contributed by atoms with Crippen molar-refractivity contribution in [3.8, 4) is 12.3 Å². The number of H-pyrrole nitrogens is 1. The molecule has 2 aliphatic rings. The van der Waals surface area contributed by atoms with Crippen LogP contribution in [0.1, 0.15) is 42.1 Å². The first-order valence-corrected chi connectivity index (χ1v) is 11.0. The van der Waals surface area contributed by atoms with Gasteiger partial charge in [0.2, 0.25) is 0 Å². The van der Waals surface area contributed by atoms with Gasteiger partial charge in [0.05, 0.1) is 12.1 Å². The molecular weight excluding hydrogens is 389 g/mol. The van der Waals surface area contributed by atoms with E-state index in [4.69, 9.17) is 6.42 Å². The molecule has 5 heteroatoms. The first-order chi connectivity index (χ1) is 15.2. The minimum absolute atomic E-state index is 0.0385. The van der Waals surface area contributed by atoms with Crippen molar-refractivity contribution in [1.29, 1.82) is 0 Å². The summed E-state index contributed by atoms with van der Waals surface area (Å²) in [5.74, 6) is 1.74. The Morgan fingerprint density at radius 3 is 2.58 bits per heavy atom. The Balaban J connectivity index is 1.65. The minimum Gasteiger partial charge on any atom is -0.356 e. The van der Waals surface area contributed by atoms with E-state index in [9.17, 15) is 9.18 Å². The van der Waals surface area contributed by atoms with Gasteiger partial charge in [-0.25, -0.2) is 4.39 Å². The molecule has 0 spiro atoms. The lowest BCUT2D eigenvalue weighted by atomic mass is 9.87. The number of carbonyl (C=O) groups excluding carboxylic acids is 1. The molecule has 0 radical (unpaired) electrons. The van der Waals surface area contributed by atoms with Gasteiger partial charge in [-0.15, -0.1) is 6.42 Å². The fraction of sp³-hybridized carbons (Fsp3) is 0.346. The lowest BCUT2D eigenvalue weighted by Crippen LogP contribution is -2.52. The SMILES string of the molecule is C#CC(=O)N1[C@@H](CN2CCCCC2)Cc2c([nH]c3ccccc23)[C@@H]1c1ccc(F)cc1. The highest BCUT2D eigenvalue weighted by Gasteiger charge is 2.40. The van der Waals surface area contributed by atoms with E-state index in [0.29, 0.717) is 0 Å². The molecule has 4 nitrogen and oxygen atoms in total. The molecule has 1 fully saturated rings. The maximum absolute atomic E-state index is 13.7. The molecule has 0 saturated carbocycles. The number of nitrogens with zero attached hydrogens (tertiary/aromatic N) is 2. The van der Waals surface area contributed by atoms with Crippen LogP contribution in [0.15, 0.2) is 48.5 Å². The van der Waals surface area contributed by atoms with Gasteiger partial charge in [0, 0.05) is 23.1 Å². The lowest BCUT2D eigenvalue weighted by Gasteiger charge is -2.43. The summed E-state index contributed by atoms with van der Waals surface area (Å²) in [6.07, 6.45) is 10.0. The number of fused-ring (bicyclic) bond motifs is 3. The third-order valence-electron chi connectivity index (χ3n) is 6.69. The van der Waals surface area contributed by atoms with Crippen molar-refractivity contribution in [3.05, 3.63) is 71.2 Å². The zero-order valence-corrected chi connectivity index (χ0v) is 17.5. The number of hydrogen-bond acceptors (Lipinski definition) is 2. The van der Waals surface area contributed by atoms with E-state index in [-0.39, 0.29) is 23.8 Å². The molecule has 3 heterocycles. The monoisotopic (exact) mass is 415 g/mol. The third-order valence-corrected chi connectivity index (χ3v) is 6.69. The van der Waals surface area contributed by atoms with Gasteiger partial charge in [0.25, 0.3) is 5.91 Å². The molecule has 3 aromatic rings. The van der Waals surface area contributed by atoms with Crippen molar-refractivity contribution < 1.29 is 9.18 Å². The number of benzene rings is 2. The third kappa shape index (κ3) is 3.62. The van der Waals surface area contributed by atoms with Crippen molar-refractivity contribution in [2.24, 2.45) is 0 Å². The predicted molar refractivity (Wildman–Crippen MR) is 120 cm³/mol. The summed E-state index contributed by atoms with van der Waals surface area (Å²) in [7, 11) is 0. The largest absolute Gasteiger partial charge is 0.356 e. The number of piperidine rings is 1. The standard InChI is InChI=1S/C26H26FN3O/c1-2-24(31)30-20(17-29-14-6-3-7-15-29)16-22-21-8-4-5-9-23(21)28-25(22)26(30)18-10-12-19(27)13-11-18/h1,4-5,8-13,20,26,28H,3,6-7,14-17H2/t20-,26+/m1/s1. The smallest absolute Gasteiger partial charge is 0.299 e. The number of terminal acetylenes is 1. The van der Waals surface area contributed by atoms with E-state index in [1.54, 1.807) is 12.1 Å². The van der Waals surface area contributed by atoms with E-state index in [2.05, 4.69) is 27.9 Å². The molecule has 5 rings (SSSR count). The summed E-state index contributed by atoms with van der Waals surface area (Å²) in [4.78, 5) is 20.9. The zero-order valence-electron chi connectivity index (χ0n) is 17.5. The Morgan fingerprint density at radius 1 is 1.10 bits per heavy atom. The van der Waals surface area contributed by atoms with Crippen molar-refractivity contribution >= 4 is 16.8 Å². The highest BCUT2D eigenvalue weighted by molar-refractivity contribution is 5.95. The van der Waals surface area contributed by atoms with Crippen molar-refractivity contribution in [1.82, 2.24) is 14.8 Å². The molecule has 2 atom stereocenters. The van der Waals surface area contributed by atoms with Gasteiger partial charge in [-0.3, -0.25) is 4.79 Å². The number of amides is 1. The van der Waals surface area contributed by atoms with Crippen LogP contribution in [0.2, 0.25) is 0 Å². The Hall–Kier alpha value is -3.10. The highest BCUT2D eigenvalue weighted by atomic mass is 19.1. The number of hydrogen-bond donors (Lipinski definition) is 1. The summed E-state index contributed by atoms with van der Waals surface area (Å²) in [5.41, 5.74) is 4.12. The van der Waals surface area contributed by atoms with Crippen molar-refractivity contribution in [3.63, 3.8) is 0 Å². The summed E-state index contributed by atoms with van der Waals surface area (Å²) in [5, 5.41) is 1.18. The van der Waals surface area contributed by atoms with Crippen molar-refractivity contribution in [2.45, 2.75) is 37.8 Å². The maximum atomic E-state index is 13.7. The van der Waals surface area contributed by atoms with Crippen LogP contribution >= 0.6 is 0 Å². The second-order valence-corrected chi connectivity index (χ2v) is 8.59. The lowest BCUT2D eigenvalue weighted by molar-refractivity contribution is -0.130. The van der Waals surface area contributed by atoms with Gasteiger partial charge < -0.3 is 14.8 Å². The number of rotatable bonds is 3. The molecule has 0 unspecified atom stereocenters. The number of halogens is 1. The van der Waals surface area contributed by atoms with Crippen LogP contribution in [0.4, 0.5) is 4.39 Å². The van der Waals surface area contributed by atoms with Gasteiger partial charge in [-0.05, 0) is 67.6 Å². The summed E-state index contributed by atoms with van der Waals surface area (Å²) in [6.45, 7) is 2.90. The Labute approximate surface area is 182 Å². The Bertz CT molecular complexity index is 1140. The van der Waals surface area contributed by atoms with Crippen LogP contribution in [-0.4, -0.2) is 46.4 Å². The van der Waals surface area contributed by atoms with Crippen LogP contribution < -0.4 is 0 Å². The molecule has 1 N–H and O–H groups in total. The van der Waals surface area contributed by atoms with E-state index in [1.165, 1.54) is 42.3 Å². The number of nitrogens with one attached hydrogen (secondary N) is 1. The molecule has 1 amide bonds. The zero-order chi connectivity index (χ0) is 21.4. The molecule has 2 aromatic carbocycles. The predicted octanol–water partition coefficient (Wildman–Crippen LogP) is 4.27. The summed E-state index contributed by atoms with van der Waals surface area (Å²) < 4.78 is 13.7. The van der Waals surface area contributed by atoms with E-state index >= 15 is 0 Å². The van der Waals surface area contributed by atoms with E-state index < -0.39 is 0 Å². The number of carbonyl (C=O) groups is 1. The number of para-hydroxylation sites is 1. The molecular formula is C26H26FN3O. The van der Waals surface area contributed by atoms with Gasteiger partial charge in [-0.1, -0.05) is 36.8 Å². The molecule has 2 aliphatic heterocycles. The van der Waals surface area contributed by atoms with Gasteiger partial charge >= 0.3 is 0 Å². The molecule has 1 saturated heterocycles. The second kappa shape index (κ2) is 8.20.